The van der Waals surface area contributed by atoms with Crippen LogP contribution in [0.3, 0.4) is 0 Å². The summed E-state index contributed by atoms with van der Waals surface area (Å²) < 4.78 is 1.42. The lowest BCUT2D eigenvalue weighted by molar-refractivity contribution is -0.116. The van der Waals surface area contributed by atoms with Crippen LogP contribution in [0, 0.1) is 0 Å². The Labute approximate surface area is 140 Å². The predicted octanol–water partition coefficient (Wildman–Crippen LogP) is 2.43. The van der Waals surface area contributed by atoms with Crippen molar-refractivity contribution in [1.82, 2.24) is 19.7 Å². The maximum absolute atomic E-state index is 12.0. The Kier molecular flexibility index (Phi) is 5.40. The van der Waals surface area contributed by atoms with Gasteiger partial charge in [-0.25, -0.2) is 4.98 Å². The van der Waals surface area contributed by atoms with Crippen LogP contribution in [0.2, 0.25) is 0 Å². The molecule has 0 bridgehead atoms. The fraction of sp³-hybridized carbons (Fsp3) is 0.529. The molecule has 0 radical (unpaired) electrons. The number of aromatic amines is 1. The number of aromatic nitrogens is 4. The number of H-pyrrole nitrogens is 1. The van der Waals surface area contributed by atoms with Crippen molar-refractivity contribution >= 4 is 11.7 Å². The molecule has 1 fully saturated rings. The molecule has 1 amide bonds. The van der Waals surface area contributed by atoms with Crippen LogP contribution in [0.5, 0.6) is 0 Å². The second-order valence-corrected chi connectivity index (χ2v) is 6.31. The van der Waals surface area contributed by atoms with E-state index in [1.807, 2.05) is 6.07 Å². The third-order valence-electron chi connectivity index (χ3n) is 4.53. The SMILES string of the molecule is O=C(CCn1cnccc1=O)Nc1cc(C2CCCCCC2)[nH]n1. The number of amides is 1. The summed E-state index contributed by atoms with van der Waals surface area (Å²) >= 11 is 0. The molecular weight excluding hydrogens is 306 g/mol. The molecule has 2 aromatic heterocycles. The minimum Gasteiger partial charge on any atom is -0.309 e. The fourth-order valence-electron chi connectivity index (χ4n) is 3.17. The van der Waals surface area contributed by atoms with Crippen LogP contribution >= 0.6 is 0 Å². The number of hydrogen-bond donors (Lipinski definition) is 2. The van der Waals surface area contributed by atoms with Gasteiger partial charge >= 0.3 is 0 Å². The van der Waals surface area contributed by atoms with Crippen LogP contribution < -0.4 is 10.9 Å². The molecule has 3 rings (SSSR count). The largest absolute Gasteiger partial charge is 0.309 e. The summed E-state index contributed by atoms with van der Waals surface area (Å²) in [6.07, 6.45) is 10.6. The van der Waals surface area contributed by atoms with Gasteiger partial charge in [0.15, 0.2) is 5.82 Å². The van der Waals surface area contributed by atoms with E-state index in [4.69, 9.17) is 0 Å². The van der Waals surface area contributed by atoms with E-state index < -0.39 is 0 Å². The smallest absolute Gasteiger partial charge is 0.253 e. The van der Waals surface area contributed by atoms with Crippen LogP contribution in [-0.2, 0) is 11.3 Å². The van der Waals surface area contributed by atoms with E-state index in [1.54, 1.807) is 0 Å². The molecular formula is C17H23N5O2. The Hall–Kier alpha value is -2.44. The highest BCUT2D eigenvalue weighted by Gasteiger charge is 2.17. The van der Waals surface area contributed by atoms with Crippen LogP contribution in [0.15, 0.2) is 29.5 Å². The van der Waals surface area contributed by atoms with E-state index in [0.717, 1.165) is 5.69 Å². The van der Waals surface area contributed by atoms with Crippen molar-refractivity contribution in [3.8, 4) is 0 Å². The Morgan fingerprint density at radius 1 is 1.29 bits per heavy atom. The summed E-state index contributed by atoms with van der Waals surface area (Å²) in [5.74, 6) is 0.905. The number of rotatable bonds is 5. The van der Waals surface area contributed by atoms with Gasteiger partial charge in [0.25, 0.3) is 5.56 Å². The van der Waals surface area contributed by atoms with Gasteiger partial charge < -0.3 is 5.32 Å². The first-order valence-electron chi connectivity index (χ1n) is 8.58. The molecule has 128 valence electrons. The van der Waals surface area contributed by atoms with Crippen LogP contribution in [0.1, 0.15) is 56.6 Å². The maximum atomic E-state index is 12.0. The van der Waals surface area contributed by atoms with Crippen LogP contribution in [0.25, 0.3) is 0 Å². The van der Waals surface area contributed by atoms with Gasteiger partial charge in [0.05, 0.1) is 6.33 Å². The number of carbonyl (C=O) groups is 1. The Balaban J connectivity index is 1.53. The number of nitrogens with zero attached hydrogens (tertiary/aromatic N) is 3. The predicted molar refractivity (Wildman–Crippen MR) is 90.8 cm³/mol. The molecule has 1 saturated carbocycles. The minimum atomic E-state index is -0.162. The van der Waals surface area contributed by atoms with Gasteiger partial charge in [-0.2, -0.15) is 5.10 Å². The van der Waals surface area contributed by atoms with Crippen LogP contribution in [0.4, 0.5) is 5.82 Å². The first-order chi connectivity index (χ1) is 11.7. The lowest BCUT2D eigenvalue weighted by atomic mass is 9.97. The van der Waals surface area contributed by atoms with E-state index in [-0.39, 0.29) is 17.9 Å². The molecule has 0 atom stereocenters. The third-order valence-corrected chi connectivity index (χ3v) is 4.53. The van der Waals surface area contributed by atoms with Crippen molar-refractivity contribution in [3.63, 3.8) is 0 Å². The van der Waals surface area contributed by atoms with E-state index in [1.165, 1.54) is 61.7 Å². The fourth-order valence-corrected chi connectivity index (χ4v) is 3.17. The highest BCUT2D eigenvalue weighted by molar-refractivity contribution is 5.89. The van der Waals surface area contributed by atoms with Crippen LogP contribution in [-0.4, -0.2) is 25.7 Å². The molecule has 0 aliphatic heterocycles. The summed E-state index contributed by atoms with van der Waals surface area (Å²) in [5, 5.41) is 10.0. The summed E-state index contributed by atoms with van der Waals surface area (Å²) in [4.78, 5) is 27.5. The third kappa shape index (κ3) is 4.31. The first kappa shape index (κ1) is 16.4. The molecule has 0 aromatic carbocycles. The zero-order chi connectivity index (χ0) is 16.8. The van der Waals surface area contributed by atoms with Crippen molar-refractivity contribution in [2.24, 2.45) is 0 Å². The Morgan fingerprint density at radius 2 is 2.08 bits per heavy atom. The zero-order valence-electron chi connectivity index (χ0n) is 13.7. The topological polar surface area (TPSA) is 92.7 Å². The van der Waals surface area contributed by atoms with E-state index >= 15 is 0 Å². The number of aryl methyl sites for hydroxylation is 1. The zero-order valence-corrected chi connectivity index (χ0v) is 13.7. The maximum Gasteiger partial charge on any atom is 0.253 e. The van der Waals surface area contributed by atoms with Gasteiger partial charge in [-0.05, 0) is 12.8 Å². The summed E-state index contributed by atoms with van der Waals surface area (Å²) in [6, 6.07) is 3.31. The number of nitrogens with one attached hydrogen (secondary N) is 2. The van der Waals surface area contributed by atoms with Gasteiger partial charge in [0.2, 0.25) is 5.91 Å². The molecule has 2 N–H and O–H groups in total. The van der Waals surface area contributed by atoms with E-state index in [0.29, 0.717) is 18.3 Å². The van der Waals surface area contributed by atoms with Gasteiger partial charge in [-0.1, -0.05) is 25.7 Å². The second kappa shape index (κ2) is 7.90. The molecule has 7 nitrogen and oxygen atoms in total. The quantitative estimate of drug-likeness (QED) is 0.824. The molecule has 7 heteroatoms. The van der Waals surface area contributed by atoms with Crippen molar-refractivity contribution in [1.29, 1.82) is 0 Å². The lowest BCUT2D eigenvalue weighted by Crippen LogP contribution is -2.22. The Bertz CT molecular complexity index is 728. The lowest BCUT2D eigenvalue weighted by Gasteiger charge is -2.10. The average Bonchev–Trinajstić information content (AvgIpc) is 2.87. The monoisotopic (exact) mass is 329 g/mol. The van der Waals surface area contributed by atoms with Crippen molar-refractivity contribution in [2.45, 2.75) is 57.4 Å². The molecule has 2 heterocycles. The minimum absolute atomic E-state index is 0.159. The highest BCUT2D eigenvalue weighted by atomic mass is 16.2. The highest BCUT2D eigenvalue weighted by Crippen LogP contribution is 2.31. The second-order valence-electron chi connectivity index (χ2n) is 6.31. The summed E-state index contributed by atoms with van der Waals surface area (Å²) in [5.41, 5.74) is 0.948. The van der Waals surface area contributed by atoms with Crippen molar-refractivity contribution < 1.29 is 4.79 Å². The first-order valence-corrected chi connectivity index (χ1v) is 8.58. The summed E-state index contributed by atoms with van der Waals surface area (Å²) in [6.45, 7) is 0.304. The standard InChI is InChI=1S/C17H23N5O2/c23-16(8-10-22-12-18-9-7-17(22)24)19-15-11-14(20-21-15)13-5-3-1-2-4-6-13/h7,9,11-13H,1-6,8,10H2,(H2,19,20,21,23). The molecule has 2 aromatic rings. The van der Waals surface area contributed by atoms with Gasteiger partial charge in [-0.15, -0.1) is 0 Å². The normalized spacial score (nSPS) is 15.8. The van der Waals surface area contributed by atoms with Gasteiger partial charge in [-0.3, -0.25) is 19.3 Å². The summed E-state index contributed by atoms with van der Waals surface area (Å²) in [7, 11) is 0. The number of hydrogen-bond acceptors (Lipinski definition) is 4. The van der Waals surface area contributed by atoms with Crippen molar-refractivity contribution in [3.05, 3.63) is 40.7 Å². The number of carbonyl (C=O) groups excluding carboxylic acids is 1. The van der Waals surface area contributed by atoms with Crippen molar-refractivity contribution in [2.75, 3.05) is 5.32 Å². The van der Waals surface area contributed by atoms with E-state index in [2.05, 4.69) is 20.5 Å². The van der Waals surface area contributed by atoms with E-state index in [9.17, 15) is 9.59 Å². The molecule has 24 heavy (non-hydrogen) atoms. The molecule has 0 spiro atoms. The molecule has 0 saturated heterocycles. The molecule has 1 aliphatic rings. The Morgan fingerprint density at radius 3 is 2.83 bits per heavy atom. The van der Waals surface area contributed by atoms with Gasteiger partial charge in [0.1, 0.15) is 0 Å². The average molecular weight is 329 g/mol. The molecule has 1 aliphatic carbocycles. The number of anilines is 1. The molecule has 0 unspecified atom stereocenters. The van der Waals surface area contributed by atoms with Gasteiger partial charge in [0, 0.05) is 42.9 Å².